The first-order valence-electron chi connectivity index (χ1n) is 7.41. The van der Waals surface area contributed by atoms with Crippen molar-refractivity contribution in [2.24, 2.45) is 0 Å². The van der Waals surface area contributed by atoms with E-state index in [1.54, 1.807) is 19.1 Å². The van der Waals surface area contributed by atoms with Gasteiger partial charge in [0, 0.05) is 18.8 Å². The predicted octanol–water partition coefficient (Wildman–Crippen LogP) is 1.30. The van der Waals surface area contributed by atoms with E-state index in [2.05, 4.69) is 27.9 Å². The molecule has 0 saturated heterocycles. The van der Waals surface area contributed by atoms with Gasteiger partial charge in [-0.3, -0.25) is 9.59 Å². The predicted molar refractivity (Wildman–Crippen MR) is 81.1 cm³/mol. The summed E-state index contributed by atoms with van der Waals surface area (Å²) in [7, 11) is 0. The molecule has 1 unspecified atom stereocenters. The zero-order valence-corrected chi connectivity index (χ0v) is 12.5. The van der Waals surface area contributed by atoms with Gasteiger partial charge in [-0.05, 0) is 38.3 Å². The van der Waals surface area contributed by atoms with Crippen LogP contribution in [0.5, 0.6) is 0 Å². The molecule has 0 radical (unpaired) electrons. The fraction of sp³-hybridized carbons (Fsp3) is 0.533. The molecular formula is C15H22N4O2. The number of aromatic nitrogens is 1. The highest BCUT2D eigenvalue weighted by molar-refractivity contribution is 5.97. The van der Waals surface area contributed by atoms with Gasteiger partial charge in [0.1, 0.15) is 11.9 Å². The van der Waals surface area contributed by atoms with Gasteiger partial charge < -0.3 is 16.0 Å². The van der Waals surface area contributed by atoms with Crippen molar-refractivity contribution in [1.29, 1.82) is 0 Å². The van der Waals surface area contributed by atoms with Gasteiger partial charge in [0.15, 0.2) is 0 Å². The highest BCUT2D eigenvalue weighted by Crippen LogP contribution is 2.18. The minimum absolute atomic E-state index is 0.139. The van der Waals surface area contributed by atoms with Crippen molar-refractivity contribution in [2.45, 2.75) is 45.2 Å². The Labute approximate surface area is 124 Å². The van der Waals surface area contributed by atoms with Gasteiger partial charge in [-0.1, -0.05) is 6.92 Å². The number of carbonyl (C=O) groups excluding carboxylic acids is 2. The summed E-state index contributed by atoms with van der Waals surface area (Å²) in [5, 5.41) is 8.68. The molecule has 2 amide bonds. The molecule has 3 N–H and O–H groups in total. The van der Waals surface area contributed by atoms with Crippen molar-refractivity contribution < 1.29 is 9.59 Å². The highest BCUT2D eigenvalue weighted by Gasteiger charge is 2.26. The Kier molecular flexibility index (Phi) is 5.14. The number of rotatable bonds is 7. The summed E-state index contributed by atoms with van der Waals surface area (Å²) in [6, 6.07) is 3.21. The van der Waals surface area contributed by atoms with Gasteiger partial charge in [0.2, 0.25) is 5.91 Å². The number of nitrogens with one attached hydrogen (secondary N) is 3. The first kappa shape index (κ1) is 15.3. The van der Waals surface area contributed by atoms with Crippen molar-refractivity contribution in [1.82, 2.24) is 15.6 Å². The maximum atomic E-state index is 12.0. The maximum Gasteiger partial charge on any atom is 0.253 e. The quantitative estimate of drug-likeness (QED) is 0.707. The molecule has 1 saturated carbocycles. The Morgan fingerprint density at radius 1 is 1.38 bits per heavy atom. The molecule has 0 spiro atoms. The van der Waals surface area contributed by atoms with Crippen LogP contribution in [0.3, 0.4) is 0 Å². The third-order valence-corrected chi connectivity index (χ3v) is 3.25. The van der Waals surface area contributed by atoms with Crippen LogP contribution in [-0.4, -0.2) is 35.4 Å². The van der Waals surface area contributed by atoms with Gasteiger partial charge in [-0.15, -0.1) is 0 Å². The number of nitrogens with zero attached hydrogens (tertiary/aromatic N) is 1. The van der Waals surface area contributed by atoms with Crippen LogP contribution < -0.4 is 16.0 Å². The van der Waals surface area contributed by atoms with E-state index in [0.29, 0.717) is 11.6 Å². The second kappa shape index (κ2) is 7.06. The Bertz CT molecular complexity index is 497. The monoisotopic (exact) mass is 290 g/mol. The molecule has 6 heteroatoms. The topological polar surface area (TPSA) is 83.1 Å². The summed E-state index contributed by atoms with van der Waals surface area (Å²) < 4.78 is 0. The van der Waals surface area contributed by atoms with E-state index in [9.17, 15) is 9.59 Å². The molecule has 21 heavy (non-hydrogen) atoms. The van der Waals surface area contributed by atoms with Crippen LogP contribution in [0.15, 0.2) is 18.3 Å². The van der Waals surface area contributed by atoms with Crippen molar-refractivity contribution in [3.05, 3.63) is 23.9 Å². The summed E-state index contributed by atoms with van der Waals surface area (Å²) in [5.41, 5.74) is 0.447. The molecule has 1 heterocycles. The van der Waals surface area contributed by atoms with Crippen LogP contribution in [-0.2, 0) is 4.79 Å². The number of pyridine rings is 1. The summed E-state index contributed by atoms with van der Waals surface area (Å²) >= 11 is 0. The molecule has 1 aromatic rings. The third kappa shape index (κ3) is 4.73. The zero-order chi connectivity index (χ0) is 15.2. The molecule has 0 aliphatic heterocycles. The molecule has 1 aliphatic carbocycles. The molecule has 0 bridgehead atoms. The number of amides is 2. The van der Waals surface area contributed by atoms with E-state index < -0.39 is 6.04 Å². The highest BCUT2D eigenvalue weighted by atomic mass is 16.2. The van der Waals surface area contributed by atoms with Gasteiger partial charge >= 0.3 is 0 Å². The van der Waals surface area contributed by atoms with E-state index >= 15 is 0 Å². The van der Waals surface area contributed by atoms with Crippen LogP contribution in [0, 0.1) is 0 Å². The third-order valence-electron chi connectivity index (χ3n) is 3.25. The second-order valence-electron chi connectivity index (χ2n) is 5.34. The number of carbonyl (C=O) groups is 2. The average Bonchev–Trinajstić information content (AvgIpc) is 3.29. The first-order valence-corrected chi connectivity index (χ1v) is 7.41. The van der Waals surface area contributed by atoms with E-state index in [1.165, 1.54) is 6.20 Å². The Hall–Kier alpha value is -2.11. The van der Waals surface area contributed by atoms with Gasteiger partial charge in [-0.25, -0.2) is 4.98 Å². The fourth-order valence-corrected chi connectivity index (χ4v) is 1.79. The molecule has 114 valence electrons. The normalized spacial score (nSPS) is 15.1. The zero-order valence-electron chi connectivity index (χ0n) is 12.5. The SMILES string of the molecule is CCCNc1ccc(C(=O)NC(C)C(=O)NC2CC2)cn1. The Morgan fingerprint density at radius 3 is 2.71 bits per heavy atom. The lowest BCUT2D eigenvalue weighted by Crippen LogP contribution is -2.45. The van der Waals surface area contributed by atoms with Crippen molar-refractivity contribution in [2.75, 3.05) is 11.9 Å². The van der Waals surface area contributed by atoms with Crippen LogP contribution >= 0.6 is 0 Å². The fourth-order valence-electron chi connectivity index (χ4n) is 1.79. The van der Waals surface area contributed by atoms with E-state index in [-0.39, 0.29) is 11.8 Å². The second-order valence-corrected chi connectivity index (χ2v) is 5.34. The van der Waals surface area contributed by atoms with Gasteiger partial charge in [0.25, 0.3) is 5.91 Å². The molecule has 6 nitrogen and oxygen atoms in total. The van der Waals surface area contributed by atoms with E-state index in [0.717, 1.165) is 31.6 Å². The van der Waals surface area contributed by atoms with Crippen molar-refractivity contribution in [3.63, 3.8) is 0 Å². The van der Waals surface area contributed by atoms with E-state index in [1.807, 2.05) is 0 Å². The molecule has 1 aromatic heterocycles. The number of hydrogen-bond donors (Lipinski definition) is 3. The smallest absolute Gasteiger partial charge is 0.253 e. The standard InChI is InChI=1S/C15H22N4O2/c1-3-8-16-13-7-4-11(9-17-13)15(21)18-10(2)14(20)19-12-5-6-12/h4,7,9-10,12H,3,5-6,8H2,1-2H3,(H,16,17)(H,18,21)(H,19,20). The van der Waals surface area contributed by atoms with Crippen molar-refractivity contribution in [3.8, 4) is 0 Å². The summed E-state index contributed by atoms with van der Waals surface area (Å²) in [5.74, 6) is 0.316. The summed E-state index contributed by atoms with van der Waals surface area (Å²) in [6.45, 7) is 4.60. The average molecular weight is 290 g/mol. The van der Waals surface area contributed by atoms with Crippen LogP contribution in [0.4, 0.5) is 5.82 Å². The minimum atomic E-state index is -0.545. The largest absolute Gasteiger partial charge is 0.370 e. The van der Waals surface area contributed by atoms with Crippen LogP contribution in [0.25, 0.3) is 0 Å². The molecule has 1 aliphatic rings. The maximum absolute atomic E-state index is 12.0. The molecule has 0 aromatic carbocycles. The van der Waals surface area contributed by atoms with Crippen LogP contribution in [0.1, 0.15) is 43.5 Å². The lowest BCUT2D eigenvalue weighted by Gasteiger charge is -2.14. The summed E-state index contributed by atoms with van der Waals surface area (Å²) in [6.07, 6.45) is 4.58. The Morgan fingerprint density at radius 2 is 2.14 bits per heavy atom. The Balaban J connectivity index is 1.85. The van der Waals surface area contributed by atoms with Gasteiger partial charge in [-0.2, -0.15) is 0 Å². The lowest BCUT2D eigenvalue weighted by molar-refractivity contribution is -0.122. The molecule has 2 rings (SSSR count). The van der Waals surface area contributed by atoms with Crippen LogP contribution in [0.2, 0.25) is 0 Å². The molecule has 1 fully saturated rings. The lowest BCUT2D eigenvalue weighted by atomic mass is 10.2. The summed E-state index contributed by atoms with van der Waals surface area (Å²) in [4.78, 5) is 28.0. The number of hydrogen-bond acceptors (Lipinski definition) is 4. The minimum Gasteiger partial charge on any atom is -0.370 e. The molecule has 1 atom stereocenters. The number of anilines is 1. The van der Waals surface area contributed by atoms with E-state index in [4.69, 9.17) is 0 Å². The first-order chi connectivity index (χ1) is 10.1. The molecular weight excluding hydrogens is 268 g/mol. The van der Waals surface area contributed by atoms with Gasteiger partial charge in [0.05, 0.1) is 5.56 Å². The van der Waals surface area contributed by atoms with Crippen molar-refractivity contribution >= 4 is 17.6 Å².